The van der Waals surface area contributed by atoms with Crippen molar-refractivity contribution in [3.8, 4) is 0 Å². The first-order valence-electron chi connectivity index (χ1n) is 5.60. The second-order valence-electron chi connectivity index (χ2n) is 4.24. The predicted octanol–water partition coefficient (Wildman–Crippen LogP) is 2.91. The Morgan fingerprint density at radius 2 is 2.00 bits per heavy atom. The molecule has 0 aliphatic carbocycles. The molecule has 1 atom stereocenters. The molecule has 2 aromatic rings. The summed E-state index contributed by atoms with van der Waals surface area (Å²) >= 11 is 3.46. The Morgan fingerprint density at radius 1 is 1.39 bits per heavy atom. The standard InChI is InChI=1S/C13H14BrFN2O/c1-8-13(14)11(17(2)16-8)7-12(18)9-3-5-10(15)6-4-9/h3-6,12,18H,7H2,1-2H3. The molecule has 5 heteroatoms. The summed E-state index contributed by atoms with van der Waals surface area (Å²) in [5.41, 5.74) is 2.50. The van der Waals surface area contributed by atoms with Crippen LogP contribution in [0.15, 0.2) is 28.7 Å². The van der Waals surface area contributed by atoms with Gasteiger partial charge in [0.15, 0.2) is 0 Å². The molecule has 1 N–H and O–H groups in total. The maximum absolute atomic E-state index is 12.8. The number of hydrogen-bond acceptors (Lipinski definition) is 2. The molecule has 0 aliphatic rings. The van der Waals surface area contributed by atoms with Crippen molar-refractivity contribution in [1.82, 2.24) is 9.78 Å². The Kier molecular flexibility index (Phi) is 3.82. The number of halogens is 2. The second-order valence-corrected chi connectivity index (χ2v) is 5.03. The average molecular weight is 313 g/mol. The maximum Gasteiger partial charge on any atom is 0.123 e. The highest BCUT2D eigenvalue weighted by Gasteiger charge is 2.16. The molecule has 0 bridgehead atoms. The average Bonchev–Trinajstić information content (AvgIpc) is 2.57. The summed E-state index contributed by atoms with van der Waals surface area (Å²) in [5, 5.41) is 14.4. The number of aliphatic hydroxyl groups excluding tert-OH is 1. The molecule has 0 aliphatic heterocycles. The van der Waals surface area contributed by atoms with Crippen molar-refractivity contribution in [3.05, 3.63) is 51.5 Å². The molecule has 2 rings (SSSR count). The van der Waals surface area contributed by atoms with Crippen molar-refractivity contribution < 1.29 is 9.50 Å². The first-order valence-corrected chi connectivity index (χ1v) is 6.40. The summed E-state index contributed by atoms with van der Waals surface area (Å²) in [5.74, 6) is -0.302. The minimum atomic E-state index is -0.670. The normalized spacial score (nSPS) is 12.7. The molecule has 18 heavy (non-hydrogen) atoms. The Labute approximate surface area is 113 Å². The van der Waals surface area contributed by atoms with E-state index in [0.29, 0.717) is 12.0 Å². The zero-order valence-corrected chi connectivity index (χ0v) is 11.8. The van der Waals surface area contributed by atoms with Crippen molar-refractivity contribution in [3.63, 3.8) is 0 Å². The lowest BCUT2D eigenvalue weighted by molar-refractivity contribution is 0.175. The van der Waals surface area contributed by atoms with E-state index < -0.39 is 6.10 Å². The lowest BCUT2D eigenvalue weighted by atomic mass is 10.0. The Morgan fingerprint density at radius 3 is 2.50 bits per heavy atom. The van der Waals surface area contributed by atoms with Crippen molar-refractivity contribution in [2.45, 2.75) is 19.4 Å². The second kappa shape index (κ2) is 5.20. The number of rotatable bonds is 3. The van der Waals surface area contributed by atoms with Crippen LogP contribution in [0.2, 0.25) is 0 Å². The minimum absolute atomic E-state index is 0.302. The van der Waals surface area contributed by atoms with E-state index in [9.17, 15) is 9.50 Å². The van der Waals surface area contributed by atoms with Crippen molar-refractivity contribution in [1.29, 1.82) is 0 Å². The van der Waals surface area contributed by atoms with Gasteiger partial charge in [0.05, 0.1) is 22.0 Å². The summed E-state index contributed by atoms with van der Waals surface area (Å²) in [6, 6.07) is 5.89. The number of aromatic nitrogens is 2. The van der Waals surface area contributed by atoms with Crippen LogP contribution in [0, 0.1) is 12.7 Å². The van der Waals surface area contributed by atoms with E-state index in [1.54, 1.807) is 16.8 Å². The molecule has 3 nitrogen and oxygen atoms in total. The van der Waals surface area contributed by atoms with Crippen LogP contribution >= 0.6 is 15.9 Å². The third-order valence-electron chi connectivity index (χ3n) is 2.90. The van der Waals surface area contributed by atoms with Gasteiger partial charge in [-0.05, 0) is 40.5 Å². The molecule has 1 aromatic heterocycles. The van der Waals surface area contributed by atoms with Gasteiger partial charge in [-0.2, -0.15) is 5.10 Å². The van der Waals surface area contributed by atoms with Crippen LogP contribution in [0.3, 0.4) is 0 Å². The smallest absolute Gasteiger partial charge is 0.123 e. The third-order valence-corrected chi connectivity index (χ3v) is 3.93. The van der Waals surface area contributed by atoms with E-state index in [2.05, 4.69) is 21.0 Å². The molecular formula is C13H14BrFN2O. The number of hydrogen-bond donors (Lipinski definition) is 1. The SMILES string of the molecule is Cc1nn(C)c(CC(O)c2ccc(F)cc2)c1Br. The fourth-order valence-corrected chi connectivity index (χ4v) is 2.39. The summed E-state index contributed by atoms with van der Waals surface area (Å²) in [7, 11) is 1.84. The van der Waals surface area contributed by atoms with Gasteiger partial charge in [0.2, 0.25) is 0 Å². The predicted molar refractivity (Wildman–Crippen MR) is 70.7 cm³/mol. The molecular weight excluding hydrogens is 299 g/mol. The first-order chi connectivity index (χ1) is 8.49. The molecule has 0 fully saturated rings. The fraction of sp³-hybridized carbons (Fsp3) is 0.308. The third kappa shape index (κ3) is 2.62. The van der Waals surface area contributed by atoms with Gasteiger partial charge in [-0.25, -0.2) is 4.39 Å². The Hall–Kier alpha value is -1.20. The topological polar surface area (TPSA) is 38.0 Å². The van der Waals surface area contributed by atoms with Crippen molar-refractivity contribution >= 4 is 15.9 Å². The largest absolute Gasteiger partial charge is 0.388 e. The molecule has 0 amide bonds. The molecule has 1 unspecified atom stereocenters. The van der Waals surface area contributed by atoms with Crippen LogP contribution in [0.1, 0.15) is 23.1 Å². The molecule has 0 radical (unpaired) electrons. The highest BCUT2D eigenvalue weighted by atomic mass is 79.9. The maximum atomic E-state index is 12.8. The fourth-order valence-electron chi connectivity index (χ4n) is 1.89. The van der Waals surface area contributed by atoms with Gasteiger partial charge in [0, 0.05) is 13.5 Å². The number of aliphatic hydroxyl groups is 1. The Bertz CT molecular complexity index is 551. The van der Waals surface area contributed by atoms with Gasteiger partial charge in [0.1, 0.15) is 5.82 Å². The van der Waals surface area contributed by atoms with Crippen LogP contribution in [0.4, 0.5) is 4.39 Å². The molecule has 0 saturated carbocycles. The highest BCUT2D eigenvalue weighted by Crippen LogP contribution is 2.25. The zero-order chi connectivity index (χ0) is 13.3. The van der Waals surface area contributed by atoms with Gasteiger partial charge in [-0.15, -0.1) is 0 Å². The van der Waals surface area contributed by atoms with Crippen LogP contribution in [0.25, 0.3) is 0 Å². The van der Waals surface area contributed by atoms with Crippen LogP contribution in [-0.2, 0) is 13.5 Å². The molecule has 0 spiro atoms. The number of nitrogens with zero attached hydrogens (tertiary/aromatic N) is 2. The lowest BCUT2D eigenvalue weighted by Crippen LogP contribution is -2.07. The van der Waals surface area contributed by atoms with E-state index in [-0.39, 0.29) is 5.82 Å². The first kappa shape index (κ1) is 13.2. The van der Waals surface area contributed by atoms with E-state index in [1.165, 1.54) is 12.1 Å². The minimum Gasteiger partial charge on any atom is -0.388 e. The number of benzene rings is 1. The lowest BCUT2D eigenvalue weighted by Gasteiger charge is -2.11. The summed E-state index contributed by atoms with van der Waals surface area (Å²) < 4.78 is 15.5. The van der Waals surface area contributed by atoms with Gasteiger partial charge in [0.25, 0.3) is 0 Å². The van der Waals surface area contributed by atoms with E-state index in [4.69, 9.17) is 0 Å². The number of aryl methyl sites for hydroxylation is 2. The summed E-state index contributed by atoms with van der Waals surface area (Å²) in [6.45, 7) is 1.90. The van der Waals surface area contributed by atoms with E-state index >= 15 is 0 Å². The summed E-state index contributed by atoms with van der Waals surface area (Å²) in [6.07, 6.45) is -0.236. The van der Waals surface area contributed by atoms with Crippen LogP contribution in [0.5, 0.6) is 0 Å². The van der Waals surface area contributed by atoms with Crippen molar-refractivity contribution in [2.75, 3.05) is 0 Å². The Balaban J connectivity index is 2.21. The van der Waals surface area contributed by atoms with E-state index in [0.717, 1.165) is 15.9 Å². The quantitative estimate of drug-likeness (QED) is 0.946. The van der Waals surface area contributed by atoms with E-state index in [1.807, 2.05) is 14.0 Å². The van der Waals surface area contributed by atoms with Gasteiger partial charge >= 0.3 is 0 Å². The zero-order valence-electron chi connectivity index (χ0n) is 10.2. The van der Waals surface area contributed by atoms with Gasteiger partial charge in [-0.3, -0.25) is 4.68 Å². The monoisotopic (exact) mass is 312 g/mol. The molecule has 1 aromatic carbocycles. The van der Waals surface area contributed by atoms with Crippen LogP contribution in [-0.4, -0.2) is 14.9 Å². The molecule has 96 valence electrons. The van der Waals surface area contributed by atoms with Crippen LogP contribution < -0.4 is 0 Å². The molecule has 0 saturated heterocycles. The highest BCUT2D eigenvalue weighted by molar-refractivity contribution is 9.10. The molecule has 1 heterocycles. The van der Waals surface area contributed by atoms with Gasteiger partial charge in [-0.1, -0.05) is 12.1 Å². The van der Waals surface area contributed by atoms with Gasteiger partial charge < -0.3 is 5.11 Å². The summed E-state index contributed by atoms with van der Waals surface area (Å²) in [4.78, 5) is 0. The van der Waals surface area contributed by atoms with Crippen molar-refractivity contribution in [2.24, 2.45) is 7.05 Å².